The lowest BCUT2D eigenvalue weighted by Gasteiger charge is -2.23. The van der Waals surface area contributed by atoms with Crippen LogP contribution in [0.1, 0.15) is 28.8 Å². The molecule has 2 rings (SSSR count). The molecule has 0 radical (unpaired) electrons. The summed E-state index contributed by atoms with van der Waals surface area (Å²) in [7, 11) is 0. The molecule has 0 aromatic heterocycles. The normalized spacial score (nSPS) is 20.4. The lowest BCUT2D eigenvalue weighted by molar-refractivity contribution is 0.00719. The molecule has 0 N–H and O–H groups in total. The van der Waals surface area contributed by atoms with Gasteiger partial charge in [0.05, 0.1) is 12.2 Å². The number of aldehydes is 1. The molecule has 1 unspecified atom stereocenters. The Labute approximate surface area is 95.4 Å². The van der Waals surface area contributed by atoms with E-state index in [1.807, 2.05) is 25.1 Å². The third kappa shape index (κ3) is 2.61. The zero-order valence-corrected chi connectivity index (χ0v) is 9.44. The smallest absolute Gasteiger partial charge is 0.153 e. The summed E-state index contributed by atoms with van der Waals surface area (Å²) in [6.07, 6.45) is 2.93. The number of hydrogen-bond donors (Lipinski definition) is 0. The molecule has 86 valence electrons. The molecule has 1 aromatic rings. The highest BCUT2D eigenvalue weighted by Gasteiger charge is 2.16. The van der Waals surface area contributed by atoms with Gasteiger partial charge in [0, 0.05) is 6.61 Å². The first-order valence-electron chi connectivity index (χ1n) is 5.60. The highest BCUT2D eigenvalue weighted by molar-refractivity contribution is 5.79. The zero-order chi connectivity index (χ0) is 11.4. The summed E-state index contributed by atoms with van der Waals surface area (Å²) in [4.78, 5) is 10.9. The highest BCUT2D eigenvalue weighted by Crippen LogP contribution is 2.22. The van der Waals surface area contributed by atoms with Gasteiger partial charge in [-0.15, -0.1) is 0 Å². The summed E-state index contributed by atoms with van der Waals surface area (Å²) < 4.78 is 11.1. The van der Waals surface area contributed by atoms with Crippen molar-refractivity contribution in [1.29, 1.82) is 0 Å². The molecule has 16 heavy (non-hydrogen) atoms. The van der Waals surface area contributed by atoms with Crippen molar-refractivity contribution in [3.63, 3.8) is 0 Å². The number of aryl methyl sites for hydroxylation is 1. The summed E-state index contributed by atoms with van der Waals surface area (Å²) in [5, 5.41) is 0. The standard InChI is InChI=1S/C13H16O3/c1-10-4-5-13(11(7-10)8-14)16-12-3-2-6-15-9-12/h4-5,7-8,12H,2-3,6,9H2,1H3. The van der Waals surface area contributed by atoms with E-state index in [1.54, 1.807) is 0 Å². The van der Waals surface area contributed by atoms with Crippen LogP contribution in [-0.4, -0.2) is 25.6 Å². The van der Waals surface area contributed by atoms with E-state index in [1.165, 1.54) is 0 Å². The van der Waals surface area contributed by atoms with E-state index in [0.717, 1.165) is 31.3 Å². The van der Waals surface area contributed by atoms with E-state index < -0.39 is 0 Å². The van der Waals surface area contributed by atoms with Crippen LogP contribution in [0.4, 0.5) is 0 Å². The number of carbonyl (C=O) groups is 1. The van der Waals surface area contributed by atoms with E-state index in [-0.39, 0.29) is 6.10 Å². The van der Waals surface area contributed by atoms with Gasteiger partial charge in [-0.1, -0.05) is 11.6 Å². The average Bonchev–Trinajstić information content (AvgIpc) is 2.33. The van der Waals surface area contributed by atoms with E-state index in [4.69, 9.17) is 9.47 Å². The molecular formula is C13H16O3. The second kappa shape index (κ2) is 5.12. The number of benzene rings is 1. The summed E-state index contributed by atoms with van der Waals surface area (Å²) in [5.74, 6) is 0.663. The van der Waals surface area contributed by atoms with Gasteiger partial charge in [-0.3, -0.25) is 4.79 Å². The topological polar surface area (TPSA) is 35.5 Å². The van der Waals surface area contributed by atoms with E-state index in [0.29, 0.717) is 17.9 Å². The quantitative estimate of drug-likeness (QED) is 0.733. The van der Waals surface area contributed by atoms with Crippen LogP contribution in [0.3, 0.4) is 0 Å². The maximum atomic E-state index is 10.9. The maximum Gasteiger partial charge on any atom is 0.153 e. The van der Waals surface area contributed by atoms with Crippen molar-refractivity contribution >= 4 is 6.29 Å². The first-order valence-corrected chi connectivity index (χ1v) is 5.60. The van der Waals surface area contributed by atoms with Crippen LogP contribution in [0.25, 0.3) is 0 Å². The minimum atomic E-state index is 0.0788. The fourth-order valence-corrected chi connectivity index (χ4v) is 1.85. The largest absolute Gasteiger partial charge is 0.487 e. The lowest BCUT2D eigenvalue weighted by Crippen LogP contribution is -2.28. The van der Waals surface area contributed by atoms with Crippen LogP contribution < -0.4 is 4.74 Å². The van der Waals surface area contributed by atoms with Gasteiger partial charge in [0.1, 0.15) is 11.9 Å². The Balaban J connectivity index is 2.10. The minimum Gasteiger partial charge on any atom is -0.487 e. The zero-order valence-electron chi connectivity index (χ0n) is 9.44. The van der Waals surface area contributed by atoms with Crippen molar-refractivity contribution in [2.45, 2.75) is 25.9 Å². The monoisotopic (exact) mass is 220 g/mol. The van der Waals surface area contributed by atoms with Gasteiger partial charge >= 0.3 is 0 Å². The Morgan fingerprint density at radius 3 is 3.06 bits per heavy atom. The molecule has 1 heterocycles. The fourth-order valence-electron chi connectivity index (χ4n) is 1.85. The second-order valence-corrected chi connectivity index (χ2v) is 4.12. The van der Waals surface area contributed by atoms with Crippen LogP contribution in [0.5, 0.6) is 5.75 Å². The molecule has 1 fully saturated rings. The van der Waals surface area contributed by atoms with Gasteiger partial charge in [-0.05, 0) is 31.9 Å². The minimum absolute atomic E-state index is 0.0788. The molecule has 0 aliphatic carbocycles. The Bertz CT molecular complexity index is 367. The van der Waals surface area contributed by atoms with E-state index in [2.05, 4.69) is 0 Å². The van der Waals surface area contributed by atoms with Gasteiger partial charge in [0.2, 0.25) is 0 Å². The number of hydrogen-bond acceptors (Lipinski definition) is 3. The summed E-state index contributed by atoms with van der Waals surface area (Å²) in [6.45, 7) is 3.39. The SMILES string of the molecule is Cc1ccc(OC2CCCOC2)c(C=O)c1. The predicted octanol–water partition coefficient (Wildman–Crippen LogP) is 2.37. The molecule has 0 bridgehead atoms. The molecule has 1 atom stereocenters. The third-order valence-corrected chi connectivity index (χ3v) is 2.70. The molecule has 0 spiro atoms. The Kier molecular flexibility index (Phi) is 3.57. The summed E-state index contributed by atoms with van der Waals surface area (Å²) >= 11 is 0. The molecule has 3 nitrogen and oxygen atoms in total. The van der Waals surface area contributed by atoms with Crippen molar-refractivity contribution in [2.24, 2.45) is 0 Å². The van der Waals surface area contributed by atoms with Gasteiger partial charge < -0.3 is 9.47 Å². The average molecular weight is 220 g/mol. The van der Waals surface area contributed by atoms with Crippen LogP contribution in [0.2, 0.25) is 0 Å². The molecule has 1 aliphatic heterocycles. The molecule has 1 aromatic carbocycles. The van der Waals surface area contributed by atoms with Gasteiger partial charge in [0.15, 0.2) is 6.29 Å². The van der Waals surface area contributed by atoms with Crippen molar-refractivity contribution in [3.8, 4) is 5.75 Å². The van der Waals surface area contributed by atoms with Crippen LogP contribution in [0, 0.1) is 6.92 Å². The van der Waals surface area contributed by atoms with Crippen molar-refractivity contribution in [3.05, 3.63) is 29.3 Å². The predicted molar refractivity (Wildman–Crippen MR) is 61.0 cm³/mol. The Hall–Kier alpha value is -1.35. The van der Waals surface area contributed by atoms with Crippen molar-refractivity contribution in [2.75, 3.05) is 13.2 Å². The highest BCUT2D eigenvalue weighted by atomic mass is 16.5. The first-order chi connectivity index (χ1) is 7.79. The molecule has 1 aliphatic rings. The number of carbonyl (C=O) groups excluding carboxylic acids is 1. The van der Waals surface area contributed by atoms with Crippen molar-refractivity contribution in [1.82, 2.24) is 0 Å². The fraction of sp³-hybridized carbons (Fsp3) is 0.462. The van der Waals surface area contributed by atoms with Crippen LogP contribution >= 0.6 is 0 Å². The molecule has 0 saturated carbocycles. The van der Waals surface area contributed by atoms with Gasteiger partial charge in [-0.25, -0.2) is 0 Å². The summed E-state index contributed by atoms with van der Waals surface area (Å²) in [6, 6.07) is 5.64. The van der Waals surface area contributed by atoms with Crippen LogP contribution in [0.15, 0.2) is 18.2 Å². The molecule has 0 amide bonds. The Morgan fingerprint density at radius 1 is 1.50 bits per heavy atom. The molecule has 1 saturated heterocycles. The van der Waals surface area contributed by atoms with Crippen molar-refractivity contribution < 1.29 is 14.3 Å². The second-order valence-electron chi connectivity index (χ2n) is 4.12. The molecule has 3 heteroatoms. The lowest BCUT2D eigenvalue weighted by atomic mass is 10.1. The first kappa shape index (κ1) is 11.1. The van der Waals surface area contributed by atoms with E-state index in [9.17, 15) is 4.79 Å². The number of rotatable bonds is 3. The Morgan fingerprint density at radius 2 is 2.38 bits per heavy atom. The van der Waals surface area contributed by atoms with Gasteiger partial charge in [0.25, 0.3) is 0 Å². The molecular weight excluding hydrogens is 204 g/mol. The van der Waals surface area contributed by atoms with Crippen LogP contribution in [-0.2, 0) is 4.74 Å². The number of ether oxygens (including phenoxy) is 2. The maximum absolute atomic E-state index is 10.9. The van der Waals surface area contributed by atoms with E-state index >= 15 is 0 Å². The van der Waals surface area contributed by atoms with Gasteiger partial charge in [-0.2, -0.15) is 0 Å². The summed E-state index contributed by atoms with van der Waals surface area (Å²) in [5.41, 5.74) is 1.68. The third-order valence-electron chi connectivity index (χ3n) is 2.70.